The van der Waals surface area contributed by atoms with Crippen molar-refractivity contribution in [1.29, 1.82) is 0 Å². The van der Waals surface area contributed by atoms with Crippen molar-refractivity contribution < 1.29 is 9.47 Å². The normalized spacial score (nSPS) is 24.0. The summed E-state index contributed by atoms with van der Waals surface area (Å²) in [5.74, 6) is 0. The Hall–Kier alpha value is 0.650. The molecule has 0 heterocycles. The summed E-state index contributed by atoms with van der Waals surface area (Å²) < 4.78 is 12.9. The van der Waals surface area contributed by atoms with E-state index in [0.29, 0.717) is 0 Å². The zero-order chi connectivity index (χ0) is 12.1. The zero-order valence-electron chi connectivity index (χ0n) is 10.9. The maximum Gasteiger partial charge on any atom is 0.0880 e. The lowest BCUT2D eigenvalue weighted by Gasteiger charge is -2.39. The molecule has 1 atom stereocenters. The second-order valence-electron chi connectivity index (χ2n) is 5.17. The first kappa shape index (κ1) is 14.7. The van der Waals surface area contributed by atoms with E-state index >= 15 is 0 Å². The summed E-state index contributed by atoms with van der Waals surface area (Å²) in [5, 5.41) is 0. The molecule has 96 valence electrons. The van der Waals surface area contributed by atoms with Crippen LogP contribution in [0.3, 0.4) is 0 Å². The summed E-state index contributed by atoms with van der Waals surface area (Å²) in [7, 11) is 1.78. The highest BCUT2D eigenvalue weighted by Crippen LogP contribution is 2.34. The van der Waals surface area contributed by atoms with Gasteiger partial charge in [0.2, 0.25) is 0 Å². The molecule has 1 unspecified atom stereocenters. The first-order valence-electron chi connectivity index (χ1n) is 6.35. The van der Waals surface area contributed by atoms with Crippen molar-refractivity contribution >= 4 is 22.6 Å². The fraction of sp³-hybridized carbons (Fsp3) is 1.00. The van der Waals surface area contributed by atoms with Gasteiger partial charge >= 0.3 is 0 Å². The standard InChI is InChI=1S/C13H25IO2/c1-4-12(2,15-3)11-16-13(10-14)8-6-5-7-9-13/h4-11H2,1-3H3. The second kappa shape index (κ2) is 6.55. The predicted molar refractivity (Wildman–Crippen MR) is 76.4 cm³/mol. The van der Waals surface area contributed by atoms with Gasteiger partial charge in [0.15, 0.2) is 0 Å². The third kappa shape index (κ3) is 3.84. The van der Waals surface area contributed by atoms with E-state index in [2.05, 4.69) is 36.4 Å². The second-order valence-corrected chi connectivity index (χ2v) is 5.94. The molecule has 0 aromatic heterocycles. The Morgan fingerprint density at radius 1 is 1.25 bits per heavy atom. The Morgan fingerprint density at radius 2 is 1.88 bits per heavy atom. The van der Waals surface area contributed by atoms with Crippen LogP contribution in [0.5, 0.6) is 0 Å². The van der Waals surface area contributed by atoms with E-state index in [1.54, 1.807) is 7.11 Å². The summed E-state index contributed by atoms with van der Waals surface area (Å²) in [6.45, 7) is 5.02. The van der Waals surface area contributed by atoms with Gasteiger partial charge in [0.05, 0.1) is 17.8 Å². The molecule has 16 heavy (non-hydrogen) atoms. The van der Waals surface area contributed by atoms with Gasteiger partial charge in [-0.25, -0.2) is 0 Å². The topological polar surface area (TPSA) is 18.5 Å². The minimum absolute atomic E-state index is 0.115. The van der Waals surface area contributed by atoms with E-state index in [0.717, 1.165) is 17.5 Å². The van der Waals surface area contributed by atoms with Crippen molar-refractivity contribution in [2.24, 2.45) is 0 Å². The maximum atomic E-state index is 6.23. The van der Waals surface area contributed by atoms with E-state index in [-0.39, 0.29) is 11.2 Å². The van der Waals surface area contributed by atoms with Crippen LogP contribution in [-0.2, 0) is 9.47 Å². The SMILES string of the molecule is CCC(C)(COC1(CI)CCCCC1)OC. The molecular formula is C13H25IO2. The van der Waals surface area contributed by atoms with Gasteiger partial charge in [-0.3, -0.25) is 0 Å². The number of methoxy groups -OCH3 is 1. The van der Waals surface area contributed by atoms with Crippen LogP contribution in [0.15, 0.2) is 0 Å². The molecule has 1 rings (SSSR count). The summed E-state index contributed by atoms with van der Waals surface area (Å²) in [6.07, 6.45) is 7.45. The summed E-state index contributed by atoms with van der Waals surface area (Å²) in [5.41, 5.74) is 0.0179. The van der Waals surface area contributed by atoms with Crippen LogP contribution < -0.4 is 0 Å². The Morgan fingerprint density at radius 3 is 2.31 bits per heavy atom. The Labute approximate surface area is 114 Å². The average molecular weight is 340 g/mol. The molecule has 3 heteroatoms. The van der Waals surface area contributed by atoms with E-state index in [4.69, 9.17) is 9.47 Å². The van der Waals surface area contributed by atoms with Crippen molar-refractivity contribution in [3.8, 4) is 0 Å². The van der Waals surface area contributed by atoms with E-state index in [1.165, 1.54) is 32.1 Å². The van der Waals surface area contributed by atoms with Gasteiger partial charge in [0.25, 0.3) is 0 Å². The lowest BCUT2D eigenvalue weighted by Crippen LogP contribution is -2.43. The lowest BCUT2D eigenvalue weighted by atomic mass is 9.86. The van der Waals surface area contributed by atoms with E-state index < -0.39 is 0 Å². The third-order valence-corrected chi connectivity index (χ3v) is 5.32. The molecule has 1 saturated carbocycles. The lowest BCUT2D eigenvalue weighted by molar-refractivity contribution is -0.129. The van der Waals surface area contributed by atoms with E-state index in [1.807, 2.05) is 0 Å². The quantitative estimate of drug-likeness (QED) is 0.538. The number of halogens is 1. The highest BCUT2D eigenvalue weighted by Gasteiger charge is 2.34. The third-order valence-electron chi connectivity index (χ3n) is 3.93. The molecule has 2 nitrogen and oxygen atoms in total. The predicted octanol–water partition coefficient (Wildman–Crippen LogP) is 3.96. The molecule has 0 aromatic rings. The molecule has 0 radical (unpaired) electrons. The van der Waals surface area contributed by atoms with Crippen LogP contribution in [0.25, 0.3) is 0 Å². The Bertz CT molecular complexity index is 196. The molecule has 1 aliphatic carbocycles. The van der Waals surface area contributed by atoms with Crippen molar-refractivity contribution in [2.75, 3.05) is 18.1 Å². The Kier molecular flexibility index (Phi) is 6.02. The summed E-state index contributed by atoms with van der Waals surface area (Å²) in [6, 6.07) is 0. The van der Waals surface area contributed by atoms with Crippen molar-refractivity contribution in [3.05, 3.63) is 0 Å². The minimum Gasteiger partial charge on any atom is -0.376 e. The monoisotopic (exact) mass is 340 g/mol. The molecule has 1 aliphatic rings. The molecular weight excluding hydrogens is 315 g/mol. The molecule has 0 aliphatic heterocycles. The maximum absolute atomic E-state index is 6.23. The molecule has 0 bridgehead atoms. The fourth-order valence-electron chi connectivity index (χ4n) is 2.12. The molecule has 0 saturated heterocycles. The van der Waals surface area contributed by atoms with Gasteiger partial charge in [-0.15, -0.1) is 0 Å². The number of hydrogen-bond acceptors (Lipinski definition) is 2. The molecule has 0 N–H and O–H groups in total. The van der Waals surface area contributed by atoms with Gasteiger partial charge in [0.1, 0.15) is 0 Å². The molecule has 0 amide bonds. The van der Waals surface area contributed by atoms with Crippen LogP contribution in [0.2, 0.25) is 0 Å². The minimum atomic E-state index is -0.115. The van der Waals surface area contributed by atoms with Gasteiger partial charge in [-0.1, -0.05) is 48.8 Å². The molecule has 0 aromatic carbocycles. The van der Waals surface area contributed by atoms with Gasteiger partial charge in [0, 0.05) is 11.5 Å². The van der Waals surface area contributed by atoms with Crippen LogP contribution >= 0.6 is 22.6 Å². The number of rotatable bonds is 6. The first-order valence-corrected chi connectivity index (χ1v) is 7.87. The average Bonchev–Trinajstić information content (AvgIpc) is 2.37. The van der Waals surface area contributed by atoms with Crippen LogP contribution in [-0.4, -0.2) is 29.3 Å². The molecule has 1 fully saturated rings. The van der Waals surface area contributed by atoms with Crippen molar-refractivity contribution in [2.45, 2.75) is 63.6 Å². The number of alkyl halides is 1. The number of hydrogen-bond donors (Lipinski definition) is 0. The van der Waals surface area contributed by atoms with E-state index in [9.17, 15) is 0 Å². The van der Waals surface area contributed by atoms with Gasteiger partial charge < -0.3 is 9.47 Å². The van der Waals surface area contributed by atoms with Crippen molar-refractivity contribution in [3.63, 3.8) is 0 Å². The molecule has 0 spiro atoms. The first-order chi connectivity index (χ1) is 7.60. The summed E-state index contributed by atoms with van der Waals surface area (Å²) >= 11 is 2.47. The van der Waals surface area contributed by atoms with Gasteiger partial charge in [-0.2, -0.15) is 0 Å². The smallest absolute Gasteiger partial charge is 0.0880 e. The highest BCUT2D eigenvalue weighted by molar-refractivity contribution is 14.1. The fourth-order valence-corrected chi connectivity index (χ4v) is 3.11. The van der Waals surface area contributed by atoms with Crippen LogP contribution in [0.1, 0.15) is 52.4 Å². The van der Waals surface area contributed by atoms with Crippen LogP contribution in [0, 0.1) is 0 Å². The zero-order valence-corrected chi connectivity index (χ0v) is 13.0. The van der Waals surface area contributed by atoms with Crippen LogP contribution in [0.4, 0.5) is 0 Å². The number of ether oxygens (including phenoxy) is 2. The largest absolute Gasteiger partial charge is 0.376 e. The Balaban J connectivity index is 2.50. The van der Waals surface area contributed by atoms with Gasteiger partial charge in [-0.05, 0) is 26.2 Å². The highest BCUT2D eigenvalue weighted by atomic mass is 127. The van der Waals surface area contributed by atoms with Crippen molar-refractivity contribution in [1.82, 2.24) is 0 Å². The summed E-state index contributed by atoms with van der Waals surface area (Å²) in [4.78, 5) is 0.